The molecule has 0 saturated carbocycles. The Morgan fingerprint density at radius 2 is 2.12 bits per heavy atom. The van der Waals surface area contributed by atoms with Crippen LogP contribution in [0.2, 0.25) is 0 Å². The number of aryl methyl sites for hydroxylation is 1. The van der Waals surface area contributed by atoms with Crippen LogP contribution < -0.4 is 5.73 Å². The van der Waals surface area contributed by atoms with E-state index in [0.29, 0.717) is 11.7 Å². The minimum absolute atomic E-state index is 0.403. The van der Waals surface area contributed by atoms with E-state index in [1.54, 1.807) is 4.68 Å². The lowest BCUT2D eigenvalue weighted by atomic mass is 9.95. The van der Waals surface area contributed by atoms with Crippen molar-refractivity contribution in [1.82, 2.24) is 19.7 Å². The number of fused-ring (bicyclic) bond motifs is 1. The second kappa shape index (κ2) is 3.96. The van der Waals surface area contributed by atoms with Crippen LogP contribution >= 0.6 is 0 Å². The van der Waals surface area contributed by atoms with E-state index in [9.17, 15) is 0 Å². The molecule has 2 aromatic rings. The zero-order valence-corrected chi connectivity index (χ0v) is 9.76. The third kappa shape index (κ3) is 1.64. The van der Waals surface area contributed by atoms with Gasteiger partial charge in [0, 0.05) is 26.2 Å². The first kappa shape index (κ1) is 10.5. The van der Waals surface area contributed by atoms with Gasteiger partial charge in [-0.3, -0.25) is 4.68 Å². The fourth-order valence-electron chi connectivity index (χ4n) is 2.40. The molecule has 0 bridgehead atoms. The molecular weight excluding hydrogens is 218 g/mol. The first-order valence-electron chi connectivity index (χ1n) is 5.78. The fraction of sp³-hybridized carbons (Fsp3) is 0.545. The molecule has 3 rings (SSSR count). The molecule has 0 radical (unpaired) electrons. The Bertz CT molecular complexity index is 544. The SMILES string of the molecule is Cn1nc(C2CCOCC2)c2c(N)ncnc21. The van der Waals surface area contributed by atoms with Gasteiger partial charge in [0.2, 0.25) is 0 Å². The maximum Gasteiger partial charge on any atom is 0.163 e. The van der Waals surface area contributed by atoms with Gasteiger partial charge in [-0.15, -0.1) is 0 Å². The van der Waals surface area contributed by atoms with E-state index in [1.807, 2.05) is 7.05 Å². The van der Waals surface area contributed by atoms with Gasteiger partial charge in [-0.05, 0) is 12.8 Å². The summed E-state index contributed by atoms with van der Waals surface area (Å²) in [7, 11) is 1.89. The van der Waals surface area contributed by atoms with Gasteiger partial charge < -0.3 is 10.5 Å². The molecule has 2 aromatic heterocycles. The number of ether oxygens (including phenoxy) is 1. The molecule has 0 unspecified atom stereocenters. The molecule has 1 aliphatic heterocycles. The summed E-state index contributed by atoms with van der Waals surface area (Å²) >= 11 is 0. The molecule has 1 fully saturated rings. The number of nitrogens with zero attached hydrogens (tertiary/aromatic N) is 4. The summed E-state index contributed by atoms with van der Waals surface area (Å²) in [4.78, 5) is 8.29. The van der Waals surface area contributed by atoms with E-state index < -0.39 is 0 Å². The lowest BCUT2D eigenvalue weighted by Crippen LogP contribution is -2.15. The quantitative estimate of drug-likeness (QED) is 0.789. The molecule has 17 heavy (non-hydrogen) atoms. The van der Waals surface area contributed by atoms with Crippen LogP contribution in [0.4, 0.5) is 5.82 Å². The van der Waals surface area contributed by atoms with Crippen molar-refractivity contribution in [1.29, 1.82) is 0 Å². The van der Waals surface area contributed by atoms with Gasteiger partial charge in [0.15, 0.2) is 5.65 Å². The molecule has 90 valence electrons. The minimum Gasteiger partial charge on any atom is -0.383 e. The van der Waals surface area contributed by atoms with Crippen molar-refractivity contribution >= 4 is 16.9 Å². The number of nitrogen functional groups attached to an aromatic ring is 1. The molecule has 0 aromatic carbocycles. The third-order valence-corrected chi connectivity index (χ3v) is 3.28. The normalized spacial score (nSPS) is 17.7. The van der Waals surface area contributed by atoms with E-state index in [-0.39, 0.29) is 0 Å². The van der Waals surface area contributed by atoms with E-state index in [2.05, 4.69) is 15.1 Å². The topological polar surface area (TPSA) is 78.9 Å². The highest BCUT2D eigenvalue weighted by Crippen LogP contribution is 2.32. The van der Waals surface area contributed by atoms with Crippen LogP contribution in [0.3, 0.4) is 0 Å². The highest BCUT2D eigenvalue weighted by molar-refractivity contribution is 5.88. The summed E-state index contributed by atoms with van der Waals surface area (Å²) in [6.07, 6.45) is 3.45. The van der Waals surface area contributed by atoms with Crippen LogP contribution in [0.5, 0.6) is 0 Å². The van der Waals surface area contributed by atoms with Gasteiger partial charge in [-0.25, -0.2) is 9.97 Å². The molecule has 6 heteroatoms. The van der Waals surface area contributed by atoms with Crippen LogP contribution in [-0.4, -0.2) is 33.0 Å². The largest absolute Gasteiger partial charge is 0.383 e. The third-order valence-electron chi connectivity index (χ3n) is 3.28. The van der Waals surface area contributed by atoms with Crippen LogP contribution in [0.15, 0.2) is 6.33 Å². The van der Waals surface area contributed by atoms with Crippen LogP contribution in [-0.2, 0) is 11.8 Å². The van der Waals surface area contributed by atoms with Crippen molar-refractivity contribution in [3.8, 4) is 0 Å². The standard InChI is InChI=1S/C11H15N5O/c1-16-11-8(10(12)13-6-14-11)9(15-16)7-2-4-17-5-3-7/h6-7H,2-5H2,1H3,(H2,12,13,14). The second-order valence-corrected chi connectivity index (χ2v) is 4.35. The molecular formula is C11H15N5O. The maximum atomic E-state index is 5.94. The number of rotatable bonds is 1. The number of hydrogen-bond acceptors (Lipinski definition) is 5. The average Bonchev–Trinajstić information content (AvgIpc) is 2.70. The van der Waals surface area contributed by atoms with Gasteiger partial charge in [-0.2, -0.15) is 5.10 Å². The van der Waals surface area contributed by atoms with E-state index >= 15 is 0 Å². The molecule has 6 nitrogen and oxygen atoms in total. The Morgan fingerprint density at radius 1 is 1.35 bits per heavy atom. The van der Waals surface area contributed by atoms with Gasteiger partial charge in [0.05, 0.1) is 11.1 Å². The van der Waals surface area contributed by atoms with Crippen molar-refractivity contribution in [3.05, 3.63) is 12.0 Å². The first-order valence-corrected chi connectivity index (χ1v) is 5.78. The van der Waals surface area contributed by atoms with Crippen molar-refractivity contribution in [2.75, 3.05) is 18.9 Å². The number of anilines is 1. The summed E-state index contributed by atoms with van der Waals surface area (Å²) < 4.78 is 7.15. The molecule has 1 aliphatic rings. The lowest BCUT2D eigenvalue weighted by Gasteiger charge is -2.20. The Labute approximate surface area is 98.8 Å². The predicted molar refractivity (Wildman–Crippen MR) is 63.5 cm³/mol. The van der Waals surface area contributed by atoms with E-state index in [0.717, 1.165) is 42.8 Å². The smallest absolute Gasteiger partial charge is 0.163 e. The molecule has 3 heterocycles. The Morgan fingerprint density at radius 3 is 2.88 bits per heavy atom. The number of aromatic nitrogens is 4. The van der Waals surface area contributed by atoms with Gasteiger partial charge >= 0.3 is 0 Å². The molecule has 0 spiro atoms. The van der Waals surface area contributed by atoms with Crippen molar-refractivity contribution in [2.45, 2.75) is 18.8 Å². The molecule has 0 atom stereocenters. The Balaban J connectivity index is 2.15. The highest BCUT2D eigenvalue weighted by Gasteiger charge is 2.23. The first-order chi connectivity index (χ1) is 8.27. The fourth-order valence-corrected chi connectivity index (χ4v) is 2.40. The summed E-state index contributed by atoms with van der Waals surface area (Å²) in [5.74, 6) is 0.922. The van der Waals surface area contributed by atoms with Crippen molar-refractivity contribution in [2.24, 2.45) is 7.05 Å². The lowest BCUT2D eigenvalue weighted by molar-refractivity contribution is 0.0846. The Hall–Kier alpha value is -1.69. The van der Waals surface area contributed by atoms with E-state index in [4.69, 9.17) is 10.5 Å². The predicted octanol–water partition coefficient (Wildman–Crippen LogP) is 0.839. The summed E-state index contributed by atoms with van der Waals surface area (Å²) in [6.45, 7) is 1.58. The Kier molecular flexibility index (Phi) is 2.44. The van der Waals surface area contributed by atoms with Crippen LogP contribution in [0, 0.1) is 0 Å². The average molecular weight is 233 g/mol. The summed E-state index contributed by atoms with van der Waals surface area (Å²) in [5.41, 5.74) is 7.76. The summed E-state index contributed by atoms with van der Waals surface area (Å²) in [6, 6.07) is 0. The number of nitrogens with two attached hydrogens (primary N) is 1. The minimum atomic E-state index is 0.403. The monoisotopic (exact) mass is 233 g/mol. The van der Waals surface area contributed by atoms with Crippen LogP contribution in [0.1, 0.15) is 24.5 Å². The molecule has 2 N–H and O–H groups in total. The van der Waals surface area contributed by atoms with Crippen molar-refractivity contribution < 1.29 is 4.74 Å². The van der Waals surface area contributed by atoms with Crippen molar-refractivity contribution in [3.63, 3.8) is 0 Å². The highest BCUT2D eigenvalue weighted by atomic mass is 16.5. The molecule has 1 saturated heterocycles. The maximum absolute atomic E-state index is 5.94. The molecule has 0 amide bonds. The zero-order valence-electron chi connectivity index (χ0n) is 9.76. The zero-order chi connectivity index (χ0) is 11.8. The summed E-state index contributed by atoms with van der Waals surface area (Å²) in [5, 5.41) is 5.46. The number of hydrogen-bond donors (Lipinski definition) is 1. The van der Waals surface area contributed by atoms with E-state index in [1.165, 1.54) is 6.33 Å². The molecule has 0 aliphatic carbocycles. The van der Waals surface area contributed by atoms with Crippen LogP contribution in [0.25, 0.3) is 11.0 Å². The van der Waals surface area contributed by atoms with Gasteiger partial charge in [0.1, 0.15) is 12.1 Å². The van der Waals surface area contributed by atoms with Gasteiger partial charge in [-0.1, -0.05) is 0 Å². The van der Waals surface area contributed by atoms with Gasteiger partial charge in [0.25, 0.3) is 0 Å². The second-order valence-electron chi connectivity index (χ2n) is 4.35.